The van der Waals surface area contributed by atoms with Crippen LogP contribution < -0.4 is 4.74 Å². The third-order valence-electron chi connectivity index (χ3n) is 3.05. The maximum Gasteiger partial charge on any atom is 0.134 e. The molecule has 0 radical (unpaired) electrons. The second kappa shape index (κ2) is 7.02. The summed E-state index contributed by atoms with van der Waals surface area (Å²) in [5.41, 5.74) is 2.21. The van der Waals surface area contributed by atoms with E-state index in [9.17, 15) is 9.50 Å². The molecule has 0 aliphatic rings. The van der Waals surface area contributed by atoms with Crippen LogP contribution in [0.25, 0.3) is 17.2 Å². The molecule has 0 fully saturated rings. The van der Waals surface area contributed by atoms with E-state index in [2.05, 4.69) is 6.58 Å². The summed E-state index contributed by atoms with van der Waals surface area (Å²) < 4.78 is 19.3. The first-order valence-corrected chi connectivity index (χ1v) is 6.58. The van der Waals surface area contributed by atoms with Crippen molar-refractivity contribution in [1.29, 1.82) is 0 Å². The molecule has 0 saturated heterocycles. The van der Waals surface area contributed by atoms with E-state index in [1.54, 1.807) is 18.2 Å². The van der Waals surface area contributed by atoms with Crippen LogP contribution in [-0.4, -0.2) is 29.5 Å². The first kappa shape index (κ1) is 15.2. The maximum atomic E-state index is 14.1. The summed E-state index contributed by atoms with van der Waals surface area (Å²) in [6.07, 6.45) is 0.753. The molecule has 21 heavy (non-hydrogen) atoms. The molecule has 0 saturated carbocycles. The number of aliphatic hydroxyl groups is 2. The highest BCUT2D eigenvalue weighted by Gasteiger charge is 2.08. The summed E-state index contributed by atoms with van der Waals surface area (Å²) in [5, 5.41) is 17.9. The number of hydrogen-bond donors (Lipinski definition) is 2. The van der Waals surface area contributed by atoms with Crippen molar-refractivity contribution < 1.29 is 19.3 Å². The number of benzene rings is 2. The zero-order valence-corrected chi connectivity index (χ0v) is 11.5. The van der Waals surface area contributed by atoms with Crippen LogP contribution in [0, 0.1) is 5.82 Å². The molecule has 1 atom stereocenters. The molecule has 0 heterocycles. The van der Waals surface area contributed by atoms with E-state index in [-0.39, 0.29) is 6.61 Å². The van der Waals surface area contributed by atoms with E-state index in [4.69, 9.17) is 9.84 Å². The van der Waals surface area contributed by atoms with E-state index in [1.807, 2.05) is 24.3 Å². The van der Waals surface area contributed by atoms with Gasteiger partial charge in [-0.2, -0.15) is 0 Å². The van der Waals surface area contributed by atoms with Crippen LogP contribution in [0.3, 0.4) is 0 Å². The van der Waals surface area contributed by atoms with Crippen molar-refractivity contribution in [2.24, 2.45) is 0 Å². The summed E-state index contributed by atoms with van der Waals surface area (Å²) in [5.74, 6) is -0.0937. The summed E-state index contributed by atoms with van der Waals surface area (Å²) in [7, 11) is 0. The fourth-order valence-corrected chi connectivity index (χ4v) is 1.86. The van der Waals surface area contributed by atoms with Crippen molar-refractivity contribution in [2.45, 2.75) is 6.10 Å². The van der Waals surface area contributed by atoms with Crippen molar-refractivity contribution in [3.8, 4) is 16.9 Å². The molecule has 3 nitrogen and oxygen atoms in total. The van der Waals surface area contributed by atoms with Crippen LogP contribution >= 0.6 is 0 Å². The standard InChI is InChI=1S/C17H17FO3/c1-2-12-3-5-13(6-4-12)16-8-7-15(9-17(16)18)21-11-14(20)10-19/h2-9,14,19-20H,1,10-11H2. The van der Waals surface area contributed by atoms with E-state index in [0.29, 0.717) is 11.3 Å². The van der Waals surface area contributed by atoms with E-state index >= 15 is 0 Å². The third kappa shape index (κ3) is 3.90. The van der Waals surface area contributed by atoms with Gasteiger partial charge in [-0.15, -0.1) is 0 Å². The van der Waals surface area contributed by atoms with Crippen molar-refractivity contribution in [2.75, 3.05) is 13.2 Å². The van der Waals surface area contributed by atoms with Crippen LogP contribution in [0.1, 0.15) is 5.56 Å². The third-order valence-corrected chi connectivity index (χ3v) is 3.05. The molecule has 0 bridgehead atoms. The minimum Gasteiger partial charge on any atom is -0.491 e. The van der Waals surface area contributed by atoms with Crippen molar-refractivity contribution in [3.63, 3.8) is 0 Å². The lowest BCUT2D eigenvalue weighted by Gasteiger charge is -2.11. The predicted molar refractivity (Wildman–Crippen MR) is 80.5 cm³/mol. The topological polar surface area (TPSA) is 49.7 Å². The van der Waals surface area contributed by atoms with Crippen LogP contribution in [0.2, 0.25) is 0 Å². The van der Waals surface area contributed by atoms with E-state index in [1.165, 1.54) is 6.07 Å². The Hall–Kier alpha value is -2.17. The van der Waals surface area contributed by atoms with Crippen LogP contribution in [0.5, 0.6) is 5.75 Å². The Labute approximate surface area is 122 Å². The molecule has 0 amide bonds. The van der Waals surface area contributed by atoms with E-state index in [0.717, 1.165) is 11.1 Å². The lowest BCUT2D eigenvalue weighted by Crippen LogP contribution is -2.21. The molecule has 0 spiro atoms. The van der Waals surface area contributed by atoms with Gasteiger partial charge in [-0.05, 0) is 23.3 Å². The lowest BCUT2D eigenvalue weighted by molar-refractivity contribution is 0.0535. The van der Waals surface area contributed by atoms with Crippen LogP contribution in [0.15, 0.2) is 49.0 Å². The fraction of sp³-hybridized carbons (Fsp3) is 0.176. The smallest absolute Gasteiger partial charge is 0.134 e. The zero-order chi connectivity index (χ0) is 15.2. The van der Waals surface area contributed by atoms with Gasteiger partial charge in [0.05, 0.1) is 6.61 Å². The Morgan fingerprint density at radius 3 is 2.48 bits per heavy atom. The Balaban J connectivity index is 2.16. The second-order valence-corrected chi connectivity index (χ2v) is 4.62. The molecular weight excluding hydrogens is 271 g/mol. The minimum atomic E-state index is -0.973. The van der Waals surface area contributed by atoms with Gasteiger partial charge in [0.2, 0.25) is 0 Å². The zero-order valence-electron chi connectivity index (χ0n) is 11.5. The lowest BCUT2D eigenvalue weighted by atomic mass is 10.0. The van der Waals surface area contributed by atoms with Gasteiger partial charge in [-0.1, -0.05) is 36.9 Å². The largest absolute Gasteiger partial charge is 0.491 e. The molecule has 0 aromatic heterocycles. The monoisotopic (exact) mass is 288 g/mol. The highest BCUT2D eigenvalue weighted by molar-refractivity contribution is 5.66. The van der Waals surface area contributed by atoms with Gasteiger partial charge in [0, 0.05) is 11.6 Å². The number of hydrogen-bond acceptors (Lipinski definition) is 3. The molecule has 4 heteroatoms. The molecule has 2 rings (SSSR count). The summed E-state index contributed by atoms with van der Waals surface area (Å²) >= 11 is 0. The Bertz CT molecular complexity index is 608. The Kier molecular flexibility index (Phi) is 5.09. The van der Waals surface area contributed by atoms with E-state index < -0.39 is 18.5 Å². The summed E-state index contributed by atoms with van der Waals surface area (Å²) in [6.45, 7) is 3.20. The predicted octanol–water partition coefficient (Wildman–Crippen LogP) is 2.87. The van der Waals surface area contributed by atoms with Gasteiger partial charge in [-0.3, -0.25) is 0 Å². The van der Waals surface area contributed by atoms with Crippen molar-refractivity contribution >= 4 is 6.08 Å². The molecule has 110 valence electrons. The SMILES string of the molecule is C=Cc1ccc(-c2ccc(OCC(O)CO)cc2F)cc1. The van der Waals surface area contributed by atoms with Gasteiger partial charge in [0.25, 0.3) is 0 Å². The first-order valence-electron chi connectivity index (χ1n) is 6.58. The molecular formula is C17H17FO3. The minimum absolute atomic E-state index is 0.0800. The van der Waals surface area contributed by atoms with Gasteiger partial charge in [-0.25, -0.2) is 4.39 Å². The van der Waals surface area contributed by atoms with Gasteiger partial charge in [0.1, 0.15) is 24.3 Å². The number of ether oxygens (including phenoxy) is 1. The number of aliphatic hydroxyl groups excluding tert-OH is 2. The average molecular weight is 288 g/mol. The average Bonchev–Trinajstić information content (AvgIpc) is 2.53. The molecule has 0 aliphatic carbocycles. The fourth-order valence-electron chi connectivity index (χ4n) is 1.86. The quantitative estimate of drug-likeness (QED) is 0.859. The molecule has 1 unspecified atom stereocenters. The second-order valence-electron chi connectivity index (χ2n) is 4.62. The Morgan fingerprint density at radius 1 is 1.19 bits per heavy atom. The van der Waals surface area contributed by atoms with Gasteiger partial charge >= 0.3 is 0 Å². The molecule has 2 aromatic carbocycles. The summed E-state index contributed by atoms with van der Waals surface area (Å²) in [6, 6.07) is 11.9. The van der Waals surface area contributed by atoms with Crippen molar-refractivity contribution in [3.05, 3.63) is 60.4 Å². The van der Waals surface area contributed by atoms with Crippen LogP contribution in [0.4, 0.5) is 4.39 Å². The van der Waals surface area contributed by atoms with Crippen LogP contribution in [-0.2, 0) is 0 Å². The normalized spacial score (nSPS) is 12.0. The maximum absolute atomic E-state index is 14.1. The van der Waals surface area contributed by atoms with Crippen molar-refractivity contribution in [1.82, 2.24) is 0 Å². The number of rotatable bonds is 6. The van der Waals surface area contributed by atoms with Gasteiger partial charge in [0.15, 0.2) is 0 Å². The number of halogens is 1. The van der Waals surface area contributed by atoms with Gasteiger partial charge < -0.3 is 14.9 Å². The Morgan fingerprint density at radius 2 is 1.90 bits per heavy atom. The molecule has 2 aromatic rings. The molecule has 2 N–H and O–H groups in total. The summed E-state index contributed by atoms with van der Waals surface area (Å²) in [4.78, 5) is 0. The first-order chi connectivity index (χ1) is 10.1. The highest BCUT2D eigenvalue weighted by atomic mass is 19.1. The molecule has 0 aliphatic heterocycles. The highest BCUT2D eigenvalue weighted by Crippen LogP contribution is 2.26.